The van der Waals surface area contributed by atoms with E-state index in [2.05, 4.69) is 26.1 Å². The largest absolute Gasteiger partial charge is 0.454 e. The summed E-state index contributed by atoms with van der Waals surface area (Å²) in [5.41, 5.74) is 0.883. The first-order valence-electron chi connectivity index (χ1n) is 9.56. The molecule has 0 saturated heterocycles. The lowest BCUT2D eigenvalue weighted by atomic mass is 9.70. The lowest BCUT2D eigenvalue weighted by Crippen LogP contribution is -2.48. The van der Waals surface area contributed by atoms with Crippen molar-refractivity contribution in [1.29, 1.82) is 0 Å². The van der Waals surface area contributed by atoms with Crippen LogP contribution < -0.4 is 14.8 Å². The Morgan fingerprint density at radius 3 is 2.74 bits per heavy atom. The van der Waals surface area contributed by atoms with Crippen LogP contribution in [0.15, 0.2) is 36.4 Å². The third-order valence-electron chi connectivity index (χ3n) is 7.15. The second-order valence-electron chi connectivity index (χ2n) is 8.59. The highest BCUT2D eigenvalue weighted by atomic mass is 16.7. The predicted molar refractivity (Wildman–Crippen MR) is 103 cm³/mol. The van der Waals surface area contributed by atoms with Gasteiger partial charge in [-0.25, -0.2) is 0 Å². The zero-order chi connectivity index (χ0) is 19.2. The summed E-state index contributed by atoms with van der Waals surface area (Å²) in [7, 11) is 0. The fourth-order valence-electron chi connectivity index (χ4n) is 5.05. The molecule has 0 unspecified atom stereocenters. The van der Waals surface area contributed by atoms with Gasteiger partial charge in [0.1, 0.15) is 0 Å². The summed E-state index contributed by atoms with van der Waals surface area (Å²) in [6.07, 6.45) is 8.53. The number of aliphatic hydroxyl groups is 1. The summed E-state index contributed by atoms with van der Waals surface area (Å²) in [5.74, 6) is 1.64. The summed E-state index contributed by atoms with van der Waals surface area (Å²) in [5, 5.41) is 13.8. The van der Waals surface area contributed by atoms with Gasteiger partial charge in [-0.05, 0) is 41.9 Å². The summed E-state index contributed by atoms with van der Waals surface area (Å²) in [6.45, 7) is 6.83. The van der Waals surface area contributed by atoms with Crippen LogP contribution in [0.2, 0.25) is 0 Å². The molecular formula is C22H27NO4. The van der Waals surface area contributed by atoms with E-state index in [4.69, 9.17) is 9.47 Å². The first-order chi connectivity index (χ1) is 12.8. The molecular weight excluding hydrogens is 342 g/mol. The number of benzene rings is 1. The Morgan fingerprint density at radius 1 is 1.22 bits per heavy atom. The number of amides is 1. The number of hydrogen-bond donors (Lipinski definition) is 2. The van der Waals surface area contributed by atoms with Gasteiger partial charge in [0.05, 0.1) is 12.1 Å². The third-order valence-corrected chi connectivity index (χ3v) is 7.15. The monoisotopic (exact) mass is 369 g/mol. The molecule has 27 heavy (non-hydrogen) atoms. The molecule has 1 aromatic rings. The maximum absolute atomic E-state index is 12.3. The molecule has 0 spiro atoms. The highest BCUT2D eigenvalue weighted by Gasteiger charge is 2.66. The number of carbonyl (C=O) groups excluding carboxylic acids is 1. The average Bonchev–Trinajstić information content (AvgIpc) is 3.22. The van der Waals surface area contributed by atoms with Gasteiger partial charge in [-0.2, -0.15) is 0 Å². The Labute approximate surface area is 160 Å². The Hall–Kier alpha value is -2.27. The zero-order valence-corrected chi connectivity index (χ0v) is 16.1. The van der Waals surface area contributed by atoms with Crippen molar-refractivity contribution in [3.63, 3.8) is 0 Å². The van der Waals surface area contributed by atoms with Crippen molar-refractivity contribution in [3.8, 4) is 11.5 Å². The third kappa shape index (κ3) is 2.85. The van der Waals surface area contributed by atoms with E-state index in [0.717, 1.165) is 29.9 Å². The molecule has 2 bridgehead atoms. The molecule has 1 aromatic carbocycles. The van der Waals surface area contributed by atoms with Crippen molar-refractivity contribution >= 4 is 12.0 Å². The van der Waals surface area contributed by atoms with Gasteiger partial charge in [-0.15, -0.1) is 0 Å². The normalized spacial score (nSPS) is 33.3. The van der Waals surface area contributed by atoms with Crippen molar-refractivity contribution in [3.05, 3.63) is 42.0 Å². The lowest BCUT2D eigenvalue weighted by Gasteiger charge is -2.37. The molecule has 2 fully saturated rings. The second kappa shape index (κ2) is 6.41. The maximum Gasteiger partial charge on any atom is 0.244 e. The lowest BCUT2D eigenvalue weighted by molar-refractivity contribution is -0.118. The summed E-state index contributed by atoms with van der Waals surface area (Å²) in [4.78, 5) is 12.3. The standard InChI is InChI=1S/C22H27NO4/c1-21(2)15-10-11-22(21,3)20(25)19(15)23-18(24)7-5-4-6-14-8-9-16-17(12-14)27-13-26-16/h4-9,12,15,19-20,25H,10-11,13H2,1-3H3,(H,23,24)/b6-4+,7-5+/t15-,19-,20-,22+/m1/s1. The molecule has 4 rings (SSSR count). The van der Waals surface area contributed by atoms with Crippen LogP contribution in [0.25, 0.3) is 6.08 Å². The first kappa shape index (κ1) is 18.1. The van der Waals surface area contributed by atoms with Gasteiger partial charge in [-0.1, -0.05) is 45.1 Å². The van der Waals surface area contributed by atoms with E-state index in [0.29, 0.717) is 5.92 Å². The molecule has 5 heteroatoms. The second-order valence-corrected chi connectivity index (χ2v) is 8.59. The maximum atomic E-state index is 12.3. The van der Waals surface area contributed by atoms with Gasteiger partial charge >= 0.3 is 0 Å². The molecule has 0 aromatic heterocycles. The molecule has 4 atom stereocenters. The highest BCUT2D eigenvalue weighted by molar-refractivity contribution is 5.88. The van der Waals surface area contributed by atoms with Gasteiger partial charge in [0.15, 0.2) is 11.5 Å². The van der Waals surface area contributed by atoms with Crippen molar-refractivity contribution in [2.24, 2.45) is 16.7 Å². The quantitative estimate of drug-likeness (QED) is 0.631. The minimum atomic E-state index is -0.493. The van der Waals surface area contributed by atoms with E-state index < -0.39 is 6.10 Å². The van der Waals surface area contributed by atoms with Crippen molar-refractivity contribution in [1.82, 2.24) is 5.32 Å². The number of nitrogens with one attached hydrogen (secondary N) is 1. The molecule has 3 aliphatic rings. The van der Waals surface area contributed by atoms with Crippen LogP contribution in [0.3, 0.4) is 0 Å². The van der Waals surface area contributed by atoms with E-state index >= 15 is 0 Å². The zero-order valence-electron chi connectivity index (χ0n) is 16.1. The molecule has 1 aliphatic heterocycles. The fraction of sp³-hybridized carbons (Fsp3) is 0.500. The van der Waals surface area contributed by atoms with Crippen molar-refractivity contribution < 1.29 is 19.4 Å². The Morgan fingerprint density at radius 2 is 2.00 bits per heavy atom. The SMILES string of the molecule is CC1(C)[C@@H]2CC[C@@]1(C)[C@H](O)[C@@H]2NC(=O)/C=C/C=C/c1ccc2c(c1)OCO2. The highest BCUT2D eigenvalue weighted by Crippen LogP contribution is 2.65. The summed E-state index contributed by atoms with van der Waals surface area (Å²) >= 11 is 0. The van der Waals surface area contributed by atoms with Gasteiger partial charge in [0, 0.05) is 11.5 Å². The van der Waals surface area contributed by atoms with E-state index in [1.807, 2.05) is 30.4 Å². The van der Waals surface area contributed by atoms with Crippen molar-refractivity contribution in [2.75, 3.05) is 6.79 Å². The Bertz CT molecular complexity index is 813. The molecule has 1 heterocycles. The number of allylic oxidation sites excluding steroid dienone is 2. The minimum Gasteiger partial charge on any atom is -0.454 e. The smallest absolute Gasteiger partial charge is 0.244 e. The molecule has 5 nitrogen and oxygen atoms in total. The number of carbonyl (C=O) groups is 1. The van der Waals surface area contributed by atoms with Crippen LogP contribution in [0.1, 0.15) is 39.2 Å². The summed E-state index contributed by atoms with van der Waals surface area (Å²) < 4.78 is 10.6. The van der Waals surface area contributed by atoms with E-state index in [9.17, 15) is 9.90 Å². The summed E-state index contributed by atoms with van der Waals surface area (Å²) in [6, 6.07) is 5.54. The van der Waals surface area contributed by atoms with Crippen LogP contribution in [-0.4, -0.2) is 30.0 Å². The molecule has 1 amide bonds. The van der Waals surface area contributed by atoms with E-state index in [-0.39, 0.29) is 29.6 Å². The molecule has 2 saturated carbocycles. The number of fused-ring (bicyclic) bond motifs is 3. The predicted octanol–water partition coefficient (Wildman–Crippen LogP) is 3.29. The van der Waals surface area contributed by atoms with Crippen molar-refractivity contribution in [2.45, 2.75) is 45.8 Å². The van der Waals surface area contributed by atoms with Gasteiger partial charge in [0.25, 0.3) is 0 Å². The minimum absolute atomic E-state index is 0.0351. The molecule has 2 aliphatic carbocycles. The van der Waals surface area contributed by atoms with Crippen LogP contribution in [0, 0.1) is 16.7 Å². The van der Waals surface area contributed by atoms with Gasteiger partial charge < -0.3 is 19.9 Å². The number of aliphatic hydroxyl groups excluding tert-OH is 1. The fourth-order valence-corrected chi connectivity index (χ4v) is 5.05. The van der Waals surface area contributed by atoms with E-state index in [1.165, 1.54) is 6.08 Å². The molecule has 0 radical (unpaired) electrons. The van der Waals surface area contributed by atoms with Gasteiger partial charge in [0.2, 0.25) is 12.7 Å². The van der Waals surface area contributed by atoms with Crippen LogP contribution in [0.4, 0.5) is 0 Å². The topological polar surface area (TPSA) is 67.8 Å². The Balaban J connectivity index is 1.36. The van der Waals surface area contributed by atoms with Gasteiger partial charge in [-0.3, -0.25) is 4.79 Å². The van der Waals surface area contributed by atoms with Crippen LogP contribution >= 0.6 is 0 Å². The molecule has 144 valence electrons. The van der Waals surface area contributed by atoms with Crippen LogP contribution in [0.5, 0.6) is 11.5 Å². The molecule has 2 N–H and O–H groups in total. The van der Waals surface area contributed by atoms with E-state index in [1.54, 1.807) is 6.08 Å². The van der Waals surface area contributed by atoms with Crippen LogP contribution in [-0.2, 0) is 4.79 Å². The number of rotatable bonds is 4. The average molecular weight is 369 g/mol. The number of hydrogen-bond acceptors (Lipinski definition) is 4. The number of ether oxygens (including phenoxy) is 2. The Kier molecular flexibility index (Phi) is 4.30. The first-order valence-corrected chi connectivity index (χ1v) is 9.56.